The number of benzene rings is 1. The van der Waals surface area contributed by atoms with Crippen molar-refractivity contribution in [3.63, 3.8) is 0 Å². The van der Waals surface area contributed by atoms with Crippen molar-refractivity contribution >= 4 is 36.1 Å². The van der Waals surface area contributed by atoms with E-state index >= 15 is 0 Å². The van der Waals surface area contributed by atoms with Crippen LogP contribution in [0.1, 0.15) is 0 Å². The minimum atomic E-state index is 0.414. The molecular formula is C16H9BrN2Se. The Kier molecular flexibility index (Phi) is 3.84. The monoisotopic (exact) mass is 388 g/mol. The number of rotatable bonds is 2. The van der Waals surface area contributed by atoms with E-state index < -0.39 is 0 Å². The van der Waals surface area contributed by atoms with Gasteiger partial charge in [-0.25, -0.2) is 0 Å². The third-order valence-corrected chi connectivity index (χ3v) is 5.26. The second-order valence-corrected chi connectivity index (χ2v) is 7.12. The summed E-state index contributed by atoms with van der Waals surface area (Å²) in [7, 11) is 0. The predicted octanol–water partition coefficient (Wildman–Crippen LogP) is 4.79. The van der Waals surface area contributed by atoms with Crippen LogP contribution in [-0.4, -0.2) is 19.5 Å². The van der Waals surface area contributed by atoms with Crippen LogP contribution in [0.5, 0.6) is 0 Å². The van der Waals surface area contributed by atoms with Crippen LogP contribution < -0.4 is 0 Å². The first kappa shape index (κ1) is 13.3. The second kappa shape index (κ2) is 5.76. The van der Waals surface area contributed by atoms with Gasteiger partial charge in [-0.2, -0.15) is 0 Å². The molecule has 0 fully saturated rings. The summed E-state index contributed by atoms with van der Waals surface area (Å²) < 4.78 is 2.26. The van der Waals surface area contributed by atoms with Gasteiger partial charge in [-0.15, -0.1) is 0 Å². The van der Waals surface area contributed by atoms with Crippen LogP contribution in [0.3, 0.4) is 0 Å². The fourth-order valence-corrected chi connectivity index (χ4v) is 3.97. The molecule has 96 valence electrons. The quantitative estimate of drug-likeness (QED) is 0.456. The molecule has 20 heavy (non-hydrogen) atoms. The van der Waals surface area contributed by atoms with Crippen molar-refractivity contribution < 1.29 is 0 Å². The van der Waals surface area contributed by atoms with E-state index in [2.05, 4.69) is 48.9 Å². The van der Waals surface area contributed by atoms with Crippen LogP contribution in [0, 0.1) is 6.57 Å². The molecule has 0 N–H and O–H groups in total. The van der Waals surface area contributed by atoms with Crippen LogP contribution >= 0.6 is 15.9 Å². The molecule has 0 saturated carbocycles. The molecule has 0 spiro atoms. The molecule has 2 nitrogen and oxygen atoms in total. The van der Waals surface area contributed by atoms with E-state index in [-0.39, 0.29) is 0 Å². The molecule has 1 aromatic carbocycles. The number of nitrogens with zero attached hydrogens (tertiary/aromatic N) is 2. The molecule has 0 aliphatic rings. The molecule has 0 radical (unpaired) electrons. The molecule has 3 aromatic rings. The van der Waals surface area contributed by atoms with Gasteiger partial charge in [0, 0.05) is 0 Å². The topological polar surface area (TPSA) is 17.2 Å². The number of pyridine rings is 1. The summed E-state index contributed by atoms with van der Waals surface area (Å²) in [5, 5.41) is 0. The molecule has 0 atom stereocenters. The molecule has 0 aliphatic heterocycles. The van der Waals surface area contributed by atoms with Gasteiger partial charge in [0.1, 0.15) is 0 Å². The van der Waals surface area contributed by atoms with E-state index in [1.165, 1.54) is 10.0 Å². The summed E-state index contributed by atoms with van der Waals surface area (Å²) in [6, 6.07) is 14.1. The molecule has 2 aromatic heterocycles. The molecule has 0 amide bonds. The third-order valence-electron chi connectivity index (χ3n) is 2.87. The van der Waals surface area contributed by atoms with Crippen molar-refractivity contribution in [3.8, 4) is 21.3 Å². The molecule has 2 heterocycles. The minimum absolute atomic E-state index is 0.414. The number of hydrogen-bond donors (Lipinski definition) is 0. The van der Waals surface area contributed by atoms with Gasteiger partial charge < -0.3 is 0 Å². The summed E-state index contributed by atoms with van der Waals surface area (Å²) in [6.07, 6.45) is 1.83. The van der Waals surface area contributed by atoms with Gasteiger partial charge in [0.25, 0.3) is 0 Å². The zero-order valence-corrected chi connectivity index (χ0v) is 13.7. The predicted molar refractivity (Wildman–Crippen MR) is 86.0 cm³/mol. The second-order valence-electron chi connectivity index (χ2n) is 4.22. The summed E-state index contributed by atoms with van der Waals surface area (Å²) in [4.78, 5) is 10.1. The normalized spacial score (nSPS) is 10.2. The van der Waals surface area contributed by atoms with Gasteiger partial charge in [0.15, 0.2) is 0 Å². The zero-order valence-electron chi connectivity index (χ0n) is 10.4. The Hall–Kier alpha value is -1.66. The zero-order chi connectivity index (χ0) is 13.9. The fourth-order valence-electron chi connectivity index (χ4n) is 1.97. The van der Waals surface area contributed by atoms with Crippen LogP contribution in [0.25, 0.3) is 26.1 Å². The summed E-state index contributed by atoms with van der Waals surface area (Å²) in [5.74, 6) is 0. The van der Waals surface area contributed by atoms with E-state index in [1.54, 1.807) is 0 Å². The average Bonchev–Trinajstić information content (AvgIpc) is 3.01. The average molecular weight is 388 g/mol. The van der Waals surface area contributed by atoms with E-state index in [4.69, 9.17) is 6.57 Å². The molecule has 0 bridgehead atoms. The molecule has 4 heteroatoms. The van der Waals surface area contributed by atoms with Crippen molar-refractivity contribution in [2.75, 3.05) is 0 Å². The van der Waals surface area contributed by atoms with Crippen molar-refractivity contribution in [2.45, 2.75) is 0 Å². The van der Waals surface area contributed by atoms with Gasteiger partial charge in [0.05, 0.1) is 0 Å². The van der Waals surface area contributed by atoms with Crippen LogP contribution in [0.4, 0.5) is 5.69 Å². The van der Waals surface area contributed by atoms with Crippen LogP contribution in [-0.2, 0) is 0 Å². The van der Waals surface area contributed by atoms with Crippen molar-refractivity contribution in [3.05, 3.63) is 69.5 Å². The van der Waals surface area contributed by atoms with E-state index in [0.29, 0.717) is 20.2 Å². The first-order valence-electron chi connectivity index (χ1n) is 5.94. The van der Waals surface area contributed by atoms with Gasteiger partial charge in [-0.3, -0.25) is 0 Å². The van der Waals surface area contributed by atoms with Crippen LogP contribution in [0.2, 0.25) is 0 Å². The molecule has 0 unspecified atom stereocenters. The summed E-state index contributed by atoms with van der Waals surface area (Å²) in [5.41, 5.74) is 3.69. The maximum atomic E-state index is 7.15. The van der Waals surface area contributed by atoms with Gasteiger partial charge in [-0.1, -0.05) is 0 Å². The standard InChI is InChI=1S/C16H9BrN2Se/c1-18-14-8-12(7-13(17)10-14)15-9-11(4-5-19-15)16-3-2-6-20-16/h2-10H. The number of hydrogen-bond acceptors (Lipinski definition) is 1. The summed E-state index contributed by atoms with van der Waals surface area (Å²) in [6.45, 7) is 7.15. The summed E-state index contributed by atoms with van der Waals surface area (Å²) >= 11 is 3.86. The Morgan fingerprint density at radius 2 is 2.00 bits per heavy atom. The number of halogens is 1. The van der Waals surface area contributed by atoms with E-state index in [1.807, 2.05) is 30.5 Å². The molecule has 0 saturated heterocycles. The van der Waals surface area contributed by atoms with Crippen LogP contribution in [0.15, 0.2) is 58.1 Å². The first-order valence-corrected chi connectivity index (χ1v) is 8.58. The molecule has 0 aliphatic carbocycles. The third kappa shape index (κ3) is 2.76. The van der Waals surface area contributed by atoms with E-state index in [9.17, 15) is 0 Å². The van der Waals surface area contributed by atoms with Gasteiger partial charge in [0.2, 0.25) is 0 Å². The van der Waals surface area contributed by atoms with E-state index in [0.717, 1.165) is 15.7 Å². The Morgan fingerprint density at radius 3 is 2.75 bits per heavy atom. The van der Waals surface area contributed by atoms with Crippen molar-refractivity contribution in [2.24, 2.45) is 0 Å². The Morgan fingerprint density at radius 1 is 1.10 bits per heavy atom. The Labute approximate surface area is 131 Å². The first-order chi connectivity index (χ1) is 9.76. The molecular weight excluding hydrogens is 379 g/mol. The van der Waals surface area contributed by atoms with Gasteiger partial charge >= 0.3 is 132 Å². The Balaban J connectivity index is 2.09. The molecule has 3 rings (SSSR count). The Bertz CT molecular complexity index is 788. The van der Waals surface area contributed by atoms with Crippen molar-refractivity contribution in [1.29, 1.82) is 0 Å². The number of aromatic nitrogens is 1. The van der Waals surface area contributed by atoms with Crippen molar-refractivity contribution in [1.82, 2.24) is 4.98 Å². The maximum absolute atomic E-state index is 7.15. The van der Waals surface area contributed by atoms with Gasteiger partial charge in [-0.05, 0) is 0 Å². The SMILES string of the molecule is [C-]#[N+]c1cc(Br)cc(-c2cc(-c3ccc[se]3)ccn2)c1. The fraction of sp³-hybridized carbons (Fsp3) is 0.